The summed E-state index contributed by atoms with van der Waals surface area (Å²) in [6.45, 7) is 15.7. The van der Waals surface area contributed by atoms with Crippen molar-refractivity contribution in [3.8, 4) is 0 Å². The number of hydrogen-bond donors (Lipinski definition) is 0. The number of hydrogen-bond acceptors (Lipinski definition) is 4. The molecule has 1 aliphatic carbocycles. The van der Waals surface area contributed by atoms with E-state index in [0.29, 0.717) is 0 Å². The van der Waals surface area contributed by atoms with Crippen LogP contribution in [-0.4, -0.2) is 49.1 Å². The Labute approximate surface area is 163 Å². The second-order valence-corrected chi connectivity index (χ2v) is 7.95. The van der Waals surface area contributed by atoms with Gasteiger partial charge in [0.2, 0.25) is 0 Å². The highest BCUT2D eigenvalue weighted by Gasteiger charge is 2.31. The standard InChI is InChI=1S/C23H31N3O/c1-16(2)23(15-24-17(3)4)21-9-8-20(14-22(21)18(5)27)26-12-10-25(11-13-26)19-6-7-19/h8-9,14-15,19H,3,6-7,10-13H2,1-2,4-5H3. The molecule has 0 bridgehead atoms. The van der Waals surface area contributed by atoms with E-state index in [1.54, 1.807) is 6.92 Å². The number of rotatable bonds is 6. The van der Waals surface area contributed by atoms with Crippen molar-refractivity contribution in [2.24, 2.45) is 4.99 Å². The van der Waals surface area contributed by atoms with Crippen LogP contribution in [-0.2, 0) is 0 Å². The van der Waals surface area contributed by atoms with Crippen LogP contribution in [0.5, 0.6) is 0 Å². The molecule has 1 aliphatic heterocycles. The summed E-state index contributed by atoms with van der Waals surface area (Å²) >= 11 is 0. The molecule has 4 nitrogen and oxygen atoms in total. The first-order valence-electron chi connectivity index (χ1n) is 9.88. The quantitative estimate of drug-likeness (QED) is 0.547. The molecule has 2 aliphatic rings. The van der Waals surface area contributed by atoms with Crippen molar-refractivity contribution >= 4 is 23.3 Å². The van der Waals surface area contributed by atoms with Crippen LogP contribution < -0.4 is 4.90 Å². The van der Waals surface area contributed by atoms with Gasteiger partial charge in [0.25, 0.3) is 0 Å². The maximum absolute atomic E-state index is 12.4. The van der Waals surface area contributed by atoms with E-state index in [-0.39, 0.29) is 5.78 Å². The van der Waals surface area contributed by atoms with Crippen molar-refractivity contribution in [2.45, 2.75) is 46.6 Å². The van der Waals surface area contributed by atoms with Gasteiger partial charge in [-0.2, -0.15) is 0 Å². The molecule has 1 aromatic carbocycles. The van der Waals surface area contributed by atoms with Gasteiger partial charge in [-0.25, -0.2) is 0 Å². The number of Topliss-reactive ketones (excluding diaryl/α,β-unsaturated/α-hetero) is 1. The zero-order valence-electron chi connectivity index (χ0n) is 17.1. The van der Waals surface area contributed by atoms with Crippen molar-refractivity contribution in [3.63, 3.8) is 0 Å². The lowest BCUT2D eigenvalue weighted by Gasteiger charge is -2.36. The summed E-state index contributed by atoms with van der Waals surface area (Å²) in [5, 5.41) is 0. The van der Waals surface area contributed by atoms with Crippen LogP contribution in [0, 0.1) is 0 Å². The number of ketones is 1. The minimum Gasteiger partial charge on any atom is -0.369 e. The largest absolute Gasteiger partial charge is 0.369 e. The molecule has 0 spiro atoms. The third-order valence-corrected chi connectivity index (χ3v) is 5.37. The summed E-state index contributed by atoms with van der Waals surface area (Å²) in [6, 6.07) is 7.11. The van der Waals surface area contributed by atoms with Gasteiger partial charge in [0, 0.05) is 55.4 Å². The normalized spacial score (nSPS) is 18.0. The van der Waals surface area contributed by atoms with Gasteiger partial charge in [0.05, 0.1) is 0 Å². The minimum absolute atomic E-state index is 0.0888. The fourth-order valence-corrected chi connectivity index (χ4v) is 3.68. The van der Waals surface area contributed by atoms with Gasteiger partial charge in [0.1, 0.15) is 0 Å². The third kappa shape index (κ3) is 4.75. The predicted octanol–water partition coefficient (Wildman–Crippen LogP) is 4.57. The van der Waals surface area contributed by atoms with Crippen LogP contribution in [0.3, 0.4) is 0 Å². The molecule has 2 fully saturated rings. The van der Waals surface area contributed by atoms with E-state index in [1.807, 2.05) is 13.1 Å². The van der Waals surface area contributed by atoms with Crippen molar-refractivity contribution in [1.82, 2.24) is 4.90 Å². The fourth-order valence-electron chi connectivity index (χ4n) is 3.68. The first-order chi connectivity index (χ1) is 12.9. The first-order valence-corrected chi connectivity index (χ1v) is 9.88. The van der Waals surface area contributed by atoms with Crippen LogP contribution >= 0.6 is 0 Å². The summed E-state index contributed by atoms with van der Waals surface area (Å²) < 4.78 is 0. The summed E-state index contributed by atoms with van der Waals surface area (Å²) in [5.41, 5.74) is 5.74. The molecular weight excluding hydrogens is 334 g/mol. The molecule has 0 N–H and O–H groups in total. The number of allylic oxidation sites excluding steroid dienone is 3. The summed E-state index contributed by atoms with van der Waals surface area (Å²) in [6.07, 6.45) is 4.55. The van der Waals surface area contributed by atoms with Gasteiger partial charge in [0.15, 0.2) is 5.78 Å². The van der Waals surface area contributed by atoms with Gasteiger partial charge >= 0.3 is 0 Å². The zero-order chi connectivity index (χ0) is 19.6. The van der Waals surface area contributed by atoms with E-state index in [9.17, 15) is 4.79 Å². The Balaban J connectivity index is 1.87. The van der Waals surface area contributed by atoms with Gasteiger partial charge in [-0.15, -0.1) is 0 Å². The maximum Gasteiger partial charge on any atom is 0.160 e. The van der Waals surface area contributed by atoms with Crippen molar-refractivity contribution in [2.75, 3.05) is 31.1 Å². The molecule has 0 atom stereocenters. The molecule has 1 saturated heterocycles. The predicted molar refractivity (Wildman–Crippen MR) is 115 cm³/mol. The summed E-state index contributed by atoms with van der Waals surface area (Å²) in [4.78, 5) is 21.8. The van der Waals surface area contributed by atoms with Crippen molar-refractivity contribution in [3.05, 3.63) is 47.2 Å². The zero-order valence-corrected chi connectivity index (χ0v) is 17.1. The summed E-state index contributed by atoms with van der Waals surface area (Å²) in [5.74, 6) is 0.0888. The molecule has 0 aromatic heterocycles. The third-order valence-electron chi connectivity index (χ3n) is 5.37. The second kappa shape index (κ2) is 8.22. The molecule has 0 unspecified atom stereocenters. The van der Waals surface area contributed by atoms with Crippen molar-refractivity contribution < 1.29 is 4.79 Å². The van der Waals surface area contributed by atoms with E-state index >= 15 is 0 Å². The highest BCUT2D eigenvalue weighted by Crippen LogP contribution is 2.30. The maximum atomic E-state index is 12.4. The lowest BCUT2D eigenvalue weighted by atomic mass is 9.94. The fraction of sp³-hybridized carbons (Fsp3) is 0.478. The summed E-state index contributed by atoms with van der Waals surface area (Å²) in [7, 11) is 0. The van der Waals surface area contributed by atoms with Crippen LogP contribution in [0.1, 0.15) is 56.5 Å². The van der Waals surface area contributed by atoms with Gasteiger partial charge in [-0.3, -0.25) is 14.7 Å². The lowest BCUT2D eigenvalue weighted by molar-refractivity contribution is 0.101. The Morgan fingerprint density at radius 1 is 1.07 bits per heavy atom. The number of carbonyl (C=O) groups is 1. The average Bonchev–Trinajstić information content (AvgIpc) is 3.46. The monoisotopic (exact) mass is 365 g/mol. The van der Waals surface area contributed by atoms with Crippen LogP contribution in [0.2, 0.25) is 0 Å². The molecule has 4 heteroatoms. The van der Waals surface area contributed by atoms with E-state index in [1.165, 1.54) is 12.8 Å². The number of nitrogens with zero attached hydrogens (tertiary/aromatic N) is 3. The Morgan fingerprint density at radius 2 is 1.74 bits per heavy atom. The Hall–Kier alpha value is -2.20. The van der Waals surface area contributed by atoms with E-state index < -0.39 is 0 Å². The number of benzene rings is 1. The highest BCUT2D eigenvalue weighted by atomic mass is 16.1. The molecule has 1 saturated carbocycles. The molecule has 1 aromatic rings. The molecule has 27 heavy (non-hydrogen) atoms. The number of piperazine rings is 1. The minimum atomic E-state index is 0.0888. The molecular formula is C23H31N3O. The Bertz CT molecular complexity index is 790. The Kier molecular flexibility index (Phi) is 5.95. The van der Waals surface area contributed by atoms with Crippen LogP contribution in [0.15, 0.2) is 41.0 Å². The van der Waals surface area contributed by atoms with E-state index in [0.717, 1.165) is 65.9 Å². The van der Waals surface area contributed by atoms with Crippen LogP contribution in [0.4, 0.5) is 5.69 Å². The number of anilines is 1. The molecule has 1 heterocycles. The van der Waals surface area contributed by atoms with Crippen LogP contribution in [0.25, 0.3) is 5.57 Å². The topological polar surface area (TPSA) is 35.9 Å². The first kappa shape index (κ1) is 19.6. The lowest BCUT2D eigenvalue weighted by Crippen LogP contribution is -2.47. The number of aliphatic imine (C=N–C) groups is 1. The molecule has 0 radical (unpaired) electrons. The molecule has 3 rings (SSSR count). The van der Waals surface area contributed by atoms with Crippen molar-refractivity contribution in [1.29, 1.82) is 0 Å². The van der Waals surface area contributed by atoms with Gasteiger partial charge < -0.3 is 4.90 Å². The highest BCUT2D eigenvalue weighted by molar-refractivity contribution is 6.15. The second-order valence-electron chi connectivity index (χ2n) is 7.95. The van der Waals surface area contributed by atoms with E-state index in [4.69, 9.17) is 0 Å². The molecule has 0 amide bonds. The smallest absolute Gasteiger partial charge is 0.160 e. The Morgan fingerprint density at radius 3 is 2.26 bits per heavy atom. The number of carbonyl (C=O) groups excluding carboxylic acids is 1. The van der Waals surface area contributed by atoms with E-state index in [2.05, 4.69) is 53.4 Å². The SMILES string of the molecule is C=C(C)N=CC(=C(C)C)c1ccc(N2CCN(C3CC3)CC2)cc1C(C)=O. The molecule has 144 valence electrons. The van der Waals surface area contributed by atoms with Gasteiger partial charge in [-0.1, -0.05) is 18.2 Å². The van der Waals surface area contributed by atoms with Gasteiger partial charge in [-0.05, 0) is 63.8 Å². The average molecular weight is 366 g/mol.